The summed E-state index contributed by atoms with van der Waals surface area (Å²) in [6.45, 7) is 1.97. The van der Waals surface area contributed by atoms with Crippen molar-refractivity contribution in [1.82, 2.24) is 4.98 Å². The predicted octanol–water partition coefficient (Wildman–Crippen LogP) is 0.553. The number of hydrogen-bond acceptors (Lipinski definition) is 8. The van der Waals surface area contributed by atoms with E-state index in [1.54, 1.807) is 12.3 Å². The molecular weight excluding hydrogens is 320 g/mol. The lowest BCUT2D eigenvalue weighted by Gasteiger charge is -2.04. The second kappa shape index (κ2) is 7.93. The summed E-state index contributed by atoms with van der Waals surface area (Å²) < 4.78 is 34.8. The first-order valence-electron chi connectivity index (χ1n) is 6.03. The molecule has 0 spiro atoms. The van der Waals surface area contributed by atoms with E-state index in [0.29, 0.717) is 5.69 Å². The summed E-state index contributed by atoms with van der Waals surface area (Å²) in [7, 11) is -2.50. The van der Waals surface area contributed by atoms with Crippen LogP contribution < -0.4 is 4.72 Å². The fourth-order valence-corrected chi connectivity index (χ4v) is 3.27. The first-order valence-corrected chi connectivity index (χ1v) is 8.56. The van der Waals surface area contributed by atoms with E-state index >= 15 is 0 Å². The van der Waals surface area contributed by atoms with Gasteiger partial charge < -0.3 is 9.47 Å². The van der Waals surface area contributed by atoms with E-state index in [2.05, 4.69) is 14.4 Å². The van der Waals surface area contributed by atoms with Gasteiger partial charge in [-0.3, -0.25) is 14.3 Å². The van der Waals surface area contributed by atoms with Crippen LogP contribution in [0.3, 0.4) is 0 Å². The van der Waals surface area contributed by atoms with Gasteiger partial charge in [0, 0.05) is 5.38 Å². The van der Waals surface area contributed by atoms with Crippen molar-refractivity contribution in [2.75, 3.05) is 24.2 Å². The van der Waals surface area contributed by atoms with Crippen LogP contribution in [-0.4, -0.2) is 44.8 Å². The van der Waals surface area contributed by atoms with E-state index in [-0.39, 0.29) is 24.6 Å². The van der Waals surface area contributed by atoms with Gasteiger partial charge in [-0.05, 0) is 6.92 Å². The number of thiazole rings is 1. The third kappa shape index (κ3) is 6.54. The summed E-state index contributed by atoms with van der Waals surface area (Å²) in [5.74, 6) is -1.43. The van der Waals surface area contributed by atoms with Crippen LogP contribution in [0.4, 0.5) is 5.13 Å². The zero-order valence-electron chi connectivity index (χ0n) is 11.6. The molecule has 0 unspecified atom stereocenters. The number of hydrogen-bond donors (Lipinski definition) is 1. The SMILES string of the molecule is CCOC(=O)Cc1csc(NS(=O)(=O)CCC(=O)OC)n1. The van der Waals surface area contributed by atoms with Gasteiger partial charge in [-0.15, -0.1) is 11.3 Å². The molecule has 0 fully saturated rings. The molecule has 21 heavy (non-hydrogen) atoms. The summed E-state index contributed by atoms with van der Waals surface area (Å²) in [6, 6.07) is 0. The lowest BCUT2D eigenvalue weighted by atomic mass is 10.3. The normalized spacial score (nSPS) is 11.0. The fraction of sp³-hybridized carbons (Fsp3) is 0.545. The minimum Gasteiger partial charge on any atom is -0.469 e. The van der Waals surface area contributed by atoms with Gasteiger partial charge in [-0.1, -0.05) is 0 Å². The molecule has 0 aliphatic rings. The highest BCUT2D eigenvalue weighted by atomic mass is 32.2. The van der Waals surface area contributed by atoms with E-state index < -0.39 is 27.7 Å². The van der Waals surface area contributed by atoms with E-state index in [1.165, 1.54) is 7.11 Å². The average Bonchev–Trinajstić information content (AvgIpc) is 2.82. The molecule has 0 bridgehead atoms. The Bertz CT molecular complexity index is 596. The standard InChI is InChI=1S/C11H16N2O6S2/c1-3-19-10(15)6-8-7-20-11(12-8)13-21(16,17)5-4-9(14)18-2/h7H,3-6H2,1-2H3,(H,12,13). The summed E-state index contributed by atoms with van der Waals surface area (Å²) in [5.41, 5.74) is 0.420. The van der Waals surface area contributed by atoms with Crippen LogP contribution in [0.2, 0.25) is 0 Å². The molecule has 0 aromatic carbocycles. The van der Waals surface area contributed by atoms with Gasteiger partial charge in [0.15, 0.2) is 5.13 Å². The number of nitrogens with zero attached hydrogens (tertiary/aromatic N) is 1. The summed E-state index contributed by atoms with van der Waals surface area (Å²) in [6.07, 6.45) is -0.263. The number of sulfonamides is 1. The number of nitrogens with one attached hydrogen (secondary N) is 1. The summed E-state index contributed by atoms with van der Waals surface area (Å²) >= 11 is 1.05. The second-order valence-electron chi connectivity index (χ2n) is 3.87. The highest BCUT2D eigenvalue weighted by molar-refractivity contribution is 7.92. The van der Waals surface area contributed by atoms with Gasteiger partial charge in [0.25, 0.3) is 0 Å². The summed E-state index contributed by atoms with van der Waals surface area (Å²) in [5, 5.41) is 1.70. The molecule has 0 saturated carbocycles. The van der Waals surface area contributed by atoms with E-state index in [1.807, 2.05) is 0 Å². The maximum Gasteiger partial charge on any atom is 0.311 e. The predicted molar refractivity (Wildman–Crippen MR) is 76.5 cm³/mol. The molecule has 118 valence electrons. The van der Waals surface area contributed by atoms with Crippen LogP contribution >= 0.6 is 11.3 Å². The van der Waals surface area contributed by atoms with E-state index in [9.17, 15) is 18.0 Å². The molecule has 8 nitrogen and oxygen atoms in total. The van der Waals surface area contributed by atoms with Gasteiger partial charge in [0.2, 0.25) is 10.0 Å². The number of esters is 2. The molecular formula is C11H16N2O6S2. The van der Waals surface area contributed by atoms with Gasteiger partial charge >= 0.3 is 11.9 Å². The van der Waals surface area contributed by atoms with Crippen molar-refractivity contribution >= 4 is 38.4 Å². The molecule has 1 heterocycles. The minimum atomic E-state index is -3.68. The number of aromatic nitrogens is 1. The van der Waals surface area contributed by atoms with Gasteiger partial charge in [-0.25, -0.2) is 13.4 Å². The van der Waals surface area contributed by atoms with E-state index in [0.717, 1.165) is 11.3 Å². The Balaban J connectivity index is 2.57. The Labute approximate surface area is 126 Å². The van der Waals surface area contributed by atoms with Crippen LogP contribution in [0.5, 0.6) is 0 Å². The van der Waals surface area contributed by atoms with Crippen LogP contribution in [0.1, 0.15) is 19.0 Å². The van der Waals surface area contributed by atoms with Crippen LogP contribution in [0.15, 0.2) is 5.38 Å². The topological polar surface area (TPSA) is 112 Å². The first-order chi connectivity index (χ1) is 9.86. The molecule has 10 heteroatoms. The van der Waals surface area contributed by atoms with Crippen molar-refractivity contribution < 1.29 is 27.5 Å². The largest absolute Gasteiger partial charge is 0.469 e. The maximum atomic E-state index is 11.7. The summed E-state index contributed by atoms with van der Waals surface area (Å²) in [4.78, 5) is 26.2. The lowest BCUT2D eigenvalue weighted by molar-refractivity contribution is -0.142. The molecule has 0 amide bonds. The molecule has 0 radical (unpaired) electrons. The molecule has 0 aliphatic carbocycles. The van der Waals surface area contributed by atoms with Crippen molar-refractivity contribution in [3.05, 3.63) is 11.1 Å². The Morgan fingerprint density at radius 3 is 2.71 bits per heavy atom. The van der Waals surface area contributed by atoms with Crippen LogP contribution in [-0.2, 0) is 35.5 Å². The zero-order valence-corrected chi connectivity index (χ0v) is 13.3. The molecule has 1 rings (SSSR count). The Kier molecular flexibility index (Phi) is 6.56. The quantitative estimate of drug-likeness (QED) is 0.690. The second-order valence-corrected chi connectivity index (χ2v) is 6.57. The third-order valence-corrected chi connectivity index (χ3v) is 4.41. The third-order valence-electron chi connectivity index (χ3n) is 2.23. The molecule has 1 aromatic rings. The molecule has 0 aliphatic heterocycles. The Morgan fingerprint density at radius 1 is 1.38 bits per heavy atom. The molecule has 0 saturated heterocycles. The monoisotopic (exact) mass is 336 g/mol. The number of anilines is 1. The molecule has 1 aromatic heterocycles. The van der Waals surface area contributed by atoms with Crippen molar-refractivity contribution in [2.45, 2.75) is 19.8 Å². The van der Waals surface area contributed by atoms with Gasteiger partial charge in [-0.2, -0.15) is 0 Å². The Morgan fingerprint density at radius 2 is 2.10 bits per heavy atom. The average molecular weight is 336 g/mol. The van der Waals surface area contributed by atoms with Gasteiger partial charge in [0.05, 0.1) is 38.0 Å². The highest BCUT2D eigenvalue weighted by Gasteiger charge is 2.16. The van der Waals surface area contributed by atoms with Crippen molar-refractivity contribution in [3.8, 4) is 0 Å². The lowest BCUT2D eigenvalue weighted by Crippen LogP contribution is -2.19. The maximum absolute atomic E-state index is 11.7. The number of methoxy groups -OCH3 is 1. The fourth-order valence-electron chi connectivity index (χ4n) is 1.30. The Hall–Kier alpha value is -1.68. The molecule has 1 N–H and O–H groups in total. The minimum absolute atomic E-state index is 0.0196. The zero-order chi connectivity index (χ0) is 15.9. The number of rotatable bonds is 8. The van der Waals surface area contributed by atoms with Crippen LogP contribution in [0, 0.1) is 0 Å². The van der Waals surface area contributed by atoms with Gasteiger partial charge in [0.1, 0.15) is 0 Å². The molecule has 0 atom stereocenters. The van der Waals surface area contributed by atoms with Crippen molar-refractivity contribution in [2.24, 2.45) is 0 Å². The van der Waals surface area contributed by atoms with Crippen LogP contribution in [0.25, 0.3) is 0 Å². The van der Waals surface area contributed by atoms with Crippen molar-refractivity contribution in [1.29, 1.82) is 0 Å². The van der Waals surface area contributed by atoms with Crippen molar-refractivity contribution in [3.63, 3.8) is 0 Å². The highest BCUT2D eigenvalue weighted by Crippen LogP contribution is 2.17. The smallest absolute Gasteiger partial charge is 0.311 e. The number of ether oxygens (including phenoxy) is 2. The first kappa shape index (κ1) is 17.4. The van der Waals surface area contributed by atoms with E-state index in [4.69, 9.17) is 4.74 Å². The number of carbonyl (C=O) groups excluding carboxylic acids is 2. The number of carbonyl (C=O) groups is 2.